The molecule has 2 N–H and O–H groups in total. The molecule has 0 amide bonds. The minimum absolute atomic E-state index is 0.136. The van der Waals surface area contributed by atoms with E-state index in [1.54, 1.807) is 0 Å². The molecule has 5 nitrogen and oxygen atoms in total. The van der Waals surface area contributed by atoms with Crippen LogP contribution in [-0.2, 0) is 6.54 Å². The summed E-state index contributed by atoms with van der Waals surface area (Å²) in [4.78, 5) is 7.62. The first kappa shape index (κ1) is 22.9. The van der Waals surface area contributed by atoms with Crippen molar-refractivity contribution in [3.63, 3.8) is 0 Å². The number of hydrazine groups is 1. The Morgan fingerprint density at radius 3 is 2.53 bits per heavy atom. The molecule has 2 heterocycles. The molecule has 178 valence electrons. The number of nitrogens with zero attached hydrogens (tertiary/aromatic N) is 3. The van der Waals surface area contributed by atoms with Crippen molar-refractivity contribution in [1.29, 1.82) is 0 Å². The first-order chi connectivity index (χ1) is 16.4. The van der Waals surface area contributed by atoms with Crippen LogP contribution < -0.4 is 10.4 Å². The number of pyridine rings is 1. The van der Waals surface area contributed by atoms with Gasteiger partial charge in [-0.05, 0) is 54.4 Å². The third-order valence-corrected chi connectivity index (χ3v) is 7.20. The zero-order valence-electron chi connectivity index (χ0n) is 20.7. The molecular weight excluding hydrogens is 420 g/mol. The second kappa shape index (κ2) is 9.40. The molecule has 2 aliphatic carbocycles. The number of aromatic nitrogens is 1. The molecule has 5 heteroatoms. The zero-order valence-corrected chi connectivity index (χ0v) is 20.7. The minimum Gasteiger partial charge on any atom is -0.393 e. The van der Waals surface area contributed by atoms with Gasteiger partial charge in [-0.25, -0.2) is 15.4 Å². The first-order valence-electron chi connectivity index (χ1n) is 12.5. The van der Waals surface area contributed by atoms with Crippen molar-refractivity contribution >= 4 is 5.82 Å². The lowest BCUT2D eigenvalue weighted by Gasteiger charge is -2.39. The first-order valence-corrected chi connectivity index (χ1v) is 12.5. The Bertz CT molecular complexity index is 1130. The van der Waals surface area contributed by atoms with Crippen LogP contribution in [0.25, 0.3) is 11.3 Å². The van der Waals surface area contributed by atoms with Crippen molar-refractivity contribution in [1.82, 2.24) is 15.3 Å². The van der Waals surface area contributed by atoms with Crippen LogP contribution in [0, 0.1) is 5.92 Å². The molecule has 5 rings (SSSR count). The van der Waals surface area contributed by atoms with Crippen LogP contribution in [-0.4, -0.2) is 35.2 Å². The number of nitrogens with one attached hydrogen (secondary N) is 1. The highest BCUT2D eigenvalue weighted by atomic mass is 16.3. The predicted octanol–water partition coefficient (Wildman–Crippen LogP) is 5.47. The molecule has 2 aromatic rings. The molecule has 1 aromatic heterocycles. The highest BCUT2D eigenvalue weighted by Crippen LogP contribution is 2.41. The molecular formula is C29H36N4O. The number of allylic oxidation sites excluding steroid dienone is 5. The maximum atomic E-state index is 9.71. The summed E-state index contributed by atoms with van der Waals surface area (Å²) in [5, 5.41) is 11.8. The largest absolute Gasteiger partial charge is 0.393 e. The Morgan fingerprint density at radius 1 is 1.15 bits per heavy atom. The van der Waals surface area contributed by atoms with E-state index in [4.69, 9.17) is 4.98 Å². The fourth-order valence-electron chi connectivity index (χ4n) is 5.31. The SMILES string of the molecule is CNN1/C(=C\C(C)C)N(C)Cc2cc(C3C=CC=CC3)c(-c3ccc(C4CC(O)C4)cc3)nc21. The maximum Gasteiger partial charge on any atom is 0.154 e. The number of hydrogen-bond acceptors (Lipinski definition) is 5. The fraction of sp³-hybridized carbons (Fsp3) is 0.414. The van der Waals surface area contributed by atoms with E-state index >= 15 is 0 Å². The van der Waals surface area contributed by atoms with Crippen LogP contribution in [0.3, 0.4) is 0 Å². The smallest absolute Gasteiger partial charge is 0.154 e. The number of rotatable bonds is 5. The van der Waals surface area contributed by atoms with Gasteiger partial charge < -0.3 is 10.0 Å². The number of hydrogen-bond donors (Lipinski definition) is 2. The van der Waals surface area contributed by atoms with Gasteiger partial charge in [0.2, 0.25) is 0 Å². The van der Waals surface area contributed by atoms with E-state index in [-0.39, 0.29) is 6.10 Å². The summed E-state index contributed by atoms with van der Waals surface area (Å²) in [5.41, 5.74) is 9.41. The molecule has 0 saturated heterocycles. The van der Waals surface area contributed by atoms with Crippen LogP contribution in [0.5, 0.6) is 0 Å². The van der Waals surface area contributed by atoms with Crippen molar-refractivity contribution < 1.29 is 5.11 Å². The number of aliphatic hydroxyl groups is 1. The van der Waals surface area contributed by atoms with E-state index in [2.05, 4.69) is 96.9 Å². The quantitative estimate of drug-likeness (QED) is 0.625. The summed E-state index contributed by atoms with van der Waals surface area (Å²) in [6.07, 6.45) is 13.7. The molecule has 1 fully saturated rings. The Labute approximate surface area is 203 Å². The van der Waals surface area contributed by atoms with Crippen molar-refractivity contribution in [2.45, 2.75) is 57.6 Å². The summed E-state index contributed by atoms with van der Waals surface area (Å²) in [5.74, 6) is 3.35. The maximum absolute atomic E-state index is 9.71. The molecule has 1 aromatic carbocycles. The molecule has 0 bridgehead atoms. The summed E-state index contributed by atoms with van der Waals surface area (Å²) < 4.78 is 0. The van der Waals surface area contributed by atoms with Gasteiger partial charge in [0.05, 0.1) is 11.8 Å². The van der Waals surface area contributed by atoms with E-state index in [1.807, 2.05) is 7.05 Å². The van der Waals surface area contributed by atoms with Crippen molar-refractivity contribution in [3.05, 3.63) is 83.2 Å². The average molecular weight is 457 g/mol. The van der Waals surface area contributed by atoms with Gasteiger partial charge in [0, 0.05) is 37.7 Å². The molecule has 34 heavy (non-hydrogen) atoms. The van der Waals surface area contributed by atoms with Crippen LogP contribution in [0.2, 0.25) is 0 Å². The lowest BCUT2D eigenvalue weighted by Crippen LogP contribution is -2.45. The Balaban J connectivity index is 1.60. The number of anilines is 1. The number of benzene rings is 1. The van der Waals surface area contributed by atoms with Crippen LogP contribution in [0.4, 0.5) is 5.82 Å². The monoisotopic (exact) mass is 456 g/mol. The van der Waals surface area contributed by atoms with Gasteiger partial charge in [-0.2, -0.15) is 0 Å². The Morgan fingerprint density at radius 2 is 1.91 bits per heavy atom. The topological polar surface area (TPSA) is 51.6 Å². The fourth-order valence-corrected chi connectivity index (χ4v) is 5.31. The number of fused-ring (bicyclic) bond motifs is 1. The summed E-state index contributed by atoms with van der Waals surface area (Å²) in [6, 6.07) is 11.2. The van der Waals surface area contributed by atoms with E-state index < -0.39 is 0 Å². The lowest BCUT2D eigenvalue weighted by atomic mass is 9.77. The van der Waals surface area contributed by atoms with Gasteiger partial charge in [0.1, 0.15) is 5.82 Å². The van der Waals surface area contributed by atoms with Crippen LogP contribution in [0.1, 0.15) is 61.6 Å². The highest BCUT2D eigenvalue weighted by molar-refractivity contribution is 5.70. The highest BCUT2D eigenvalue weighted by Gasteiger charge is 2.30. The summed E-state index contributed by atoms with van der Waals surface area (Å²) in [6.45, 7) is 5.25. The molecule has 1 aliphatic heterocycles. The van der Waals surface area contributed by atoms with Gasteiger partial charge >= 0.3 is 0 Å². The van der Waals surface area contributed by atoms with E-state index in [9.17, 15) is 5.11 Å². The third-order valence-electron chi connectivity index (χ3n) is 7.20. The van der Waals surface area contributed by atoms with Crippen molar-refractivity contribution in [2.24, 2.45) is 5.92 Å². The van der Waals surface area contributed by atoms with E-state index in [0.29, 0.717) is 17.8 Å². The Kier molecular flexibility index (Phi) is 6.32. The lowest BCUT2D eigenvalue weighted by molar-refractivity contribution is 0.0746. The summed E-state index contributed by atoms with van der Waals surface area (Å²) >= 11 is 0. The Hall–Kier alpha value is -2.89. The molecule has 1 atom stereocenters. The van der Waals surface area contributed by atoms with E-state index in [1.165, 1.54) is 16.7 Å². The van der Waals surface area contributed by atoms with Crippen LogP contribution in [0.15, 0.2) is 66.5 Å². The molecule has 3 aliphatic rings. The van der Waals surface area contributed by atoms with Crippen molar-refractivity contribution in [3.8, 4) is 11.3 Å². The molecule has 1 saturated carbocycles. The molecule has 1 unspecified atom stereocenters. The van der Waals surface area contributed by atoms with Gasteiger partial charge in [0.15, 0.2) is 5.82 Å². The van der Waals surface area contributed by atoms with Gasteiger partial charge in [0.25, 0.3) is 0 Å². The van der Waals surface area contributed by atoms with Crippen LogP contribution >= 0.6 is 0 Å². The van der Waals surface area contributed by atoms with E-state index in [0.717, 1.165) is 48.7 Å². The van der Waals surface area contributed by atoms with Gasteiger partial charge in [-0.15, -0.1) is 0 Å². The van der Waals surface area contributed by atoms with Gasteiger partial charge in [-0.3, -0.25) is 0 Å². The second-order valence-corrected chi connectivity index (χ2v) is 10.2. The summed E-state index contributed by atoms with van der Waals surface area (Å²) in [7, 11) is 4.11. The van der Waals surface area contributed by atoms with Crippen molar-refractivity contribution in [2.75, 3.05) is 19.1 Å². The average Bonchev–Trinajstić information content (AvgIpc) is 2.82. The normalized spacial score (nSPS) is 25.1. The number of aliphatic hydroxyl groups excluding tert-OH is 1. The standard InChI is InChI=1S/C29H36N4O/c1-19(2)14-27-32(4)18-24-17-26(21-8-6-5-7-9-21)28(31-29(24)33(27)30-3)22-12-10-20(11-13-22)23-15-25(34)16-23/h5-8,10-14,17,19,21,23,25,30,34H,9,15-16,18H2,1-4H3/b27-14-. The minimum atomic E-state index is -0.136. The molecule has 0 radical (unpaired) electrons. The van der Waals surface area contributed by atoms with Gasteiger partial charge in [-0.1, -0.05) is 62.4 Å². The third kappa shape index (κ3) is 4.30. The predicted molar refractivity (Wildman–Crippen MR) is 139 cm³/mol. The second-order valence-electron chi connectivity index (χ2n) is 10.2. The zero-order chi connectivity index (χ0) is 23.8. The molecule has 0 spiro atoms.